The van der Waals surface area contributed by atoms with Gasteiger partial charge in [-0.25, -0.2) is 9.97 Å². The zero-order chi connectivity index (χ0) is 21.2. The van der Waals surface area contributed by atoms with E-state index in [2.05, 4.69) is 43.3 Å². The molecule has 2 aliphatic heterocycles. The van der Waals surface area contributed by atoms with E-state index < -0.39 is 6.10 Å². The third-order valence-electron chi connectivity index (χ3n) is 7.01. The molecule has 3 aliphatic rings. The molecule has 1 aromatic carbocycles. The number of benzene rings is 1. The number of nitrogens with one attached hydrogen (secondary N) is 1. The lowest BCUT2D eigenvalue weighted by Crippen LogP contribution is -2.65. The van der Waals surface area contributed by atoms with Gasteiger partial charge in [0.15, 0.2) is 0 Å². The lowest BCUT2D eigenvalue weighted by molar-refractivity contribution is -0.0140. The highest BCUT2D eigenvalue weighted by molar-refractivity contribution is 9.10. The fourth-order valence-electron chi connectivity index (χ4n) is 4.97. The average Bonchev–Trinajstić information content (AvgIpc) is 3.54. The van der Waals surface area contributed by atoms with Crippen LogP contribution < -0.4 is 5.32 Å². The highest BCUT2D eigenvalue weighted by Gasteiger charge is 2.45. The summed E-state index contributed by atoms with van der Waals surface area (Å²) in [5, 5.41) is 14.6. The molecule has 6 rings (SSSR count). The summed E-state index contributed by atoms with van der Waals surface area (Å²) in [7, 11) is 0. The second-order valence-electron chi connectivity index (χ2n) is 9.05. The highest BCUT2D eigenvalue weighted by atomic mass is 79.9. The molecule has 0 radical (unpaired) electrons. The molecule has 7 nitrogen and oxygen atoms in total. The Morgan fingerprint density at radius 2 is 2.00 bits per heavy atom. The minimum Gasteiger partial charge on any atom is -0.389 e. The molecule has 2 aromatic heterocycles. The molecule has 4 heterocycles. The van der Waals surface area contributed by atoms with E-state index in [0.29, 0.717) is 36.9 Å². The Labute approximate surface area is 188 Å². The smallest absolute Gasteiger partial charge is 0.274 e. The number of piperidine rings is 1. The summed E-state index contributed by atoms with van der Waals surface area (Å²) >= 11 is 3.59. The molecule has 2 atom stereocenters. The van der Waals surface area contributed by atoms with E-state index in [1.54, 1.807) is 15.5 Å². The van der Waals surface area contributed by atoms with Crippen molar-refractivity contribution in [3.05, 3.63) is 63.6 Å². The van der Waals surface area contributed by atoms with E-state index in [-0.39, 0.29) is 11.4 Å². The van der Waals surface area contributed by atoms with Crippen molar-refractivity contribution in [3.8, 4) is 0 Å². The second-order valence-corrected chi connectivity index (χ2v) is 9.91. The molecule has 3 aromatic rings. The van der Waals surface area contributed by atoms with Crippen molar-refractivity contribution < 1.29 is 9.90 Å². The van der Waals surface area contributed by atoms with Gasteiger partial charge in [0.25, 0.3) is 5.91 Å². The molecule has 0 bridgehead atoms. The van der Waals surface area contributed by atoms with Crippen molar-refractivity contribution in [3.63, 3.8) is 0 Å². The van der Waals surface area contributed by atoms with Crippen molar-refractivity contribution in [1.29, 1.82) is 0 Å². The summed E-state index contributed by atoms with van der Waals surface area (Å²) < 4.78 is 2.75. The molecule has 1 amide bonds. The molecule has 31 heavy (non-hydrogen) atoms. The quantitative estimate of drug-likeness (QED) is 0.587. The molecule has 1 saturated carbocycles. The number of β-amino-alcohol motifs (C(OH)–C–C–N with tert-alkyl or cyclic N) is 1. The van der Waals surface area contributed by atoms with Crippen molar-refractivity contribution in [2.24, 2.45) is 0 Å². The lowest BCUT2D eigenvalue weighted by Gasteiger charge is -2.48. The van der Waals surface area contributed by atoms with Crippen LogP contribution in [-0.4, -0.2) is 55.0 Å². The van der Waals surface area contributed by atoms with Crippen LogP contribution >= 0.6 is 15.9 Å². The summed E-state index contributed by atoms with van der Waals surface area (Å²) in [6, 6.07) is 8.36. The molecular weight excluding hydrogens is 458 g/mol. The van der Waals surface area contributed by atoms with Crippen molar-refractivity contribution >= 4 is 27.6 Å². The van der Waals surface area contributed by atoms with Crippen LogP contribution in [-0.2, 0) is 13.0 Å². The Morgan fingerprint density at radius 3 is 2.77 bits per heavy atom. The number of carbonyl (C=O) groups excluding carboxylic acids is 1. The predicted octanol–water partition coefficient (Wildman–Crippen LogP) is 2.66. The highest BCUT2D eigenvalue weighted by Crippen LogP contribution is 2.42. The van der Waals surface area contributed by atoms with E-state index in [1.807, 2.05) is 18.3 Å². The maximum atomic E-state index is 13.2. The van der Waals surface area contributed by atoms with Crippen LogP contribution in [0.15, 0.2) is 41.1 Å². The van der Waals surface area contributed by atoms with Crippen LogP contribution in [0.1, 0.15) is 52.5 Å². The van der Waals surface area contributed by atoms with Crippen LogP contribution in [0.2, 0.25) is 0 Å². The molecule has 8 heteroatoms. The zero-order valence-corrected chi connectivity index (χ0v) is 18.7. The normalized spacial score (nSPS) is 25.7. The monoisotopic (exact) mass is 481 g/mol. The Morgan fingerprint density at radius 1 is 1.19 bits per heavy atom. The van der Waals surface area contributed by atoms with E-state index in [9.17, 15) is 9.90 Å². The number of hydrogen-bond acceptors (Lipinski definition) is 5. The number of aliphatic hydroxyl groups is 1. The number of likely N-dealkylation sites (tertiary alicyclic amines) is 1. The molecule has 1 aliphatic carbocycles. The van der Waals surface area contributed by atoms with Gasteiger partial charge in [-0.2, -0.15) is 0 Å². The number of imidazole rings is 1. The van der Waals surface area contributed by atoms with E-state index in [0.717, 1.165) is 36.0 Å². The first-order valence-electron chi connectivity index (χ1n) is 10.9. The van der Waals surface area contributed by atoms with Gasteiger partial charge in [0.1, 0.15) is 5.69 Å². The van der Waals surface area contributed by atoms with Gasteiger partial charge in [0, 0.05) is 37.9 Å². The van der Waals surface area contributed by atoms with Crippen molar-refractivity contribution in [2.45, 2.75) is 49.8 Å². The topological polar surface area (TPSA) is 82.8 Å². The molecule has 0 unspecified atom stereocenters. The lowest BCUT2D eigenvalue weighted by atomic mass is 9.76. The number of hydrogen-bond donors (Lipinski definition) is 2. The molecule has 1 saturated heterocycles. The largest absolute Gasteiger partial charge is 0.389 e. The van der Waals surface area contributed by atoms with Crippen LogP contribution in [0.25, 0.3) is 5.78 Å². The number of rotatable bonds is 2. The number of carbonyl (C=O) groups is 1. The van der Waals surface area contributed by atoms with Gasteiger partial charge in [0.05, 0.1) is 21.8 Å². The zero-order valence-electron chi connectivity index (χ0n) is 17.1. The number of aliphatic hydroxyl groups excluding tert-OH is 1. The van der Waals surface area contributed by atoms with E-state index in [1.165, 1.54) is 11.1 Å². The fraction of sp³-hybridized carbons (Fsp3) is 0.435. The van der Waals surface area contributed by atoms with Crippen LogP contribution in [0, 0.1) is 0 Å². The summed E-state index contributed by atoms with van der Waals surface area (Å²) in [5.41, 5.74) is 3.58. The third-order valence-corrected chi connectivity index (χ3v) is 7.63. The number of halogens is 1. The van der Waals surface area contributed by atoms with Crippen LogP contribution in [0.4, 0.5) is 0 Å². The first-order chi connectivity index (χ1) is 15.0. The second kappa shape index (κ2) is 7.12. The van der Waals surface area contributed by atoms with Crippen LogP contribution in [0.3, 0.4) is 0 Å². The Kier molecular flexibility index (Phi) is 4.45. The van der Waals surface area contributed by atoms with Gasteiger partial charge in [-0.05, 0) is 52.7 Å². The van der Waals surface area contributed by atoms with Crippen LogP contribution in [0.5, 0.6) is 0 Å². The molecule has 2 N–H and O–H groups in total. The Balaban J connectivity index is 1.21. The maximum absolute atomic E-state index is 13.2. The van der Waals surface area contributed by atoms with Gasteiger partial charge < -0.3 is 15.3 Å². The molecule has 2 fully saturated rings. The van der Waals surface area contributed by atoms with Gasteiger partial charge in [0.2, 0.25) is 5.78 Å². The summed E-state index contributed by atoms with van der Waals surface area (Å²) in [6.07, 6.45) is 6.82. The van der Waals surface area contributed by atoms with E-state index in [4.69, 9.17) is 0 Å². The molecule has 160 valence electrons. The fourth-order valence-corrected chi connectivity index (χ4v) is 5.60. The van der Waals surface area contributed by atoms with Crippen molar-refractivity contribution in [2.75, 3.05) is 13.1 Å². The SMILES string of the molecule is O=C(c1cn2cc(Br)c(C3CC3)nc2n1)N1CC[C@]2(Cc3ccccc3CN2)[C@H](O)C1. The summed E-state index contributed by atoms with van der Waals surface area (Å²) in [6.45, 7) is 1.63. The van der Waals surface area contributed by atoms with Gasteiger partial charge >= 0.3 is 0 Å². The van der Waals surface area contributed by atoms with Crippen molar-refractivity contribution in [1.82, 2.24) is 24.6 Å². The molecular formula is C23H24BrN5O2. The molecule has 1 spiro atoms. The van der Waals surface area contributed by atoms with E-state index >= 15 is 0 Å². The number of amides is 1. The third kappa shape index (κ3) is 3.28. The minimum atomic E-state index is -0.635. The van der Waals surface area contributed by atoms with Gasteiger partial charge in [-0.1, -0.05) is 24.3 Å². The standard InChI is InChI=1S/C23H24BrN5O2/c24-17-11-29-12-18(26-22(29)27-20(17)14-5-6-14)21(31)28-8-7-23(19(30)13-28)9-15-3-1-2-4-16(15)10-25-23/h1-4,11-12,14,19,25,30H,5-10,13H2/t19-,23+/m1/s1. The average molecular weight is 482 g/mol. The summed E-state index contributed by atoms with van der Waals surface area (Å²) in [4.78, 5) is 24.1. The number of nitrogens with zero attached hydrogens (tertiary/aromatic N) is 4. The predicted molar refractivity (Wildman–Crippen MR) is 119 cm³/mol. The Hall–Kier alpha value is -2.29. The first kappa shape index (κ1) is 19.4. The number of aromatic nitrogens is 3. The van der Waals surface area contributed by atoms with Gasteiger partial charge in [-0.15, -0.1) is 0 Å². The Bertz CT molecular complexity index is 1190. The number of fused-ring (bicyclic) bond motifs is 2. The summed E-state index contributed by atoms with van der Waals surface area (Å²) in [5.74, 6) is 0.893. The maximum Gasteiger partial charge on any atom is 0.274 e. The minimum absolute atomic E-state index is 0.153. The van der Waals surface area contributed by atoms with Gasteiger partial charge in [-0.3, -0.25) is 9.20 Å². The first-order valence-corrected chi connectivity index (χ1v) is 11.7.